The molecule has 76 valence electrons. The molecule has 2 aromatic heterocycles. The zero-order valence-corrected chi connectivity index (χ0v) is 9.22. The van der Waals surface area contributed by atoms with Gasteiger partial charge in [-0.2, -0.15) is 0 Å². The van der Waals surface area contributed by atoms with E-state index < -0.39 is 5.97 Å². The molecule has 0 unspecified atom stereocenters. The Morgan fingerprint density at radius 2 is 2.27 bits per heavy atom. The van der Waals surface area contributed by atoms with Gasteiger partial charge in [-0.3, -0.25) is 0 Å². The first-order valence-corrected chi connectivity index (χ1v) is 5.92. The van der Waals surface area contributed by atoms with Gasteiger partial charge in [0.1, 0.15) is 5.01 Å². The van der Waals surface area contributed by atoms with E-state index in [9.17, 15) is 4.79 Å². The molecule has 2 heterocycles. The third-order valence-corrected chi connectivity index (χ3v) is 3.32. The van der Waals surface area contributed by atoms with Crippen LogP contribution in [0.5, 0.6) is 0 Å². The third-order valence-electron chi connectivity index (χ3n) is 1.67. The molecule has 0 fully saturated rings. The molecule has 1 N–H and O–H groups in total. The maximum absolute atomic E-state index is 10.6. The zero-order valence-electron chi connectivity index (χ0n) is 7.58. The number of aromatic nitrogens is 1. The second kappa shape index (κ2) is 4.37. The molecule has 3 nitrogen and oxygen atoms in total. The summed E-state index contributed by atoms with van der Waals surface area (Å²) in [6.07, 6.45) is 3.75. The molecule has 0 atom stereocenters. The number of carboxylic acid groups (broad SMARTS) is 1. The van der Waals surface area contributed by atoms with Crippen LogP contribution in [0.1, 0.15) is 20.4 Å². The first kappa shape index (κ1) is 10.1. The van der Waals surface area contributed by atoms with E-state index >= 15 is 0 Å². The average molecular weight is 237 g/mol. The summed E-state index contributed by atoms with van der Waals surface area (Å²) in [4.78, 5) is 15.6. The van der Waals surface area contributed by atoms with Gasteiger partial charge in [0.15, 0.2) is 5.69 Å². The predicted octanol–water partition coefficient (Wildman–Crippen LogP) is 3.07. The van der Waals surface area contributed by atoms with Crippen molar-refractivity contribution in [3.05, 3.63) is 38.5 Å². The Hall–Kier alpha value is -1.46. The monoisotopic (exact) mass is 237 g/mol. The molecule has 2 rings (SSSR count). The van der Waals surface area contributed by atoms with Gasteiger partial charge in [-0.1, -0.05) is 6.07 Å². The van der Waals surface area contributed by atoms with Crippen LogP contribution in [0.3, 0.4) is 0 Å². The Morgan fingerprint density at radius 1 is 1.40 bits per heavy atom. The van der Waals surface area contributed by atoms with Crippen molar-refractivity contribution in [1.82, 2.24) is 4.98 Å². The van der Waals surface area contributed by atoms with E-state index in [2.05, 4.69) is 4.98 Å². The van der Waals surface area contributed by atoms with Crippen LogP contribution in [-0.2, 0) is 0 Å². The van der Waals surface area contributed by atoms with E-state index in [4.69, 9.17) is 5.11 Å². The number of aromatic carboxylic acids is 1. The van der Waals surface area contributed by atoms with Crippen molar-refractivity contribution in [2.45, 2.75) is 0 Å². The topological polar surface area (TPSA) is 50.2 Å². The van der Waals surface area contributed by atoms with Crippen molar-refractivity contribution in [3.63, 3.8) is 0 Å². The fraction of sp³-hybridized carbons (Fsp3) is 0. The average Bonchev–Trinajstić information content (AvgIpc) is 2.86. The SMILES string of the molecule is O=C(O)c1csc(C=Cc2cccs2)n1. The Morgan fingerprint density at radius 3 is 2.87 bits per heavy atom. The quantitative estimate of drug-likeness (QED) is 0.892. The summed E-state index contributed by atoms with van der Waals surface area (Å²) in [6, 6.07) is 3.96. The lowest BCUT2D eigenvalue weighted by Crippen LogP contribution is -1.95. The molecule has 15 heavy (non-hydrogen) atoms. The largest absolute Gasteiger partial charge is 0.476 e. The summed E-state index contributed by atoms with van der Waals surface area (Å²) < 4.78 is 0. The zero-order chi connectivity index (χ0) is 10.7. The number of hydrogen-bond donors (Lipinski definition) is 1. The maximum Gasteiger partial charge on any atom is 0.355 e. The summed E-state index contributed by atoms with van der Waals surface area (Å²) >= 11 is 2.95. The molecule has 0 radical (unpaired) electrons. The van der Waals surface area contributed by atoms with Gasteiger partial charge in [0.05, 0.1) is 0 Å². The molecule has 0 aliphatic heterocycles. The smallest absolute Gasteiger partial charge is 0.355 e. The van der Waals surface area contributed by atoms with Gasteiger partial charge >= 0.3 is 5.97 Å². The summed E-state index contributed by atoms with van der Waals surface area (Å²) in [7, 11) is 0. The number of nitrogens with zero attached hydrogens (tertiary/aromatic N) is 1. The van der Waals surface area contributed by atoms with E-state index in [1.165, 1.54) is 16.7 Å². The molecular formula is C10H7NO2S2. The van der Waals surface area contributed by atoms with Gasteiger partial charge in [-0.05, 0) is 23.6 Å². The molecule has 0 saturated heterocycles. The van der Waals surface area contributed by atoms with Gasteiger partial charge in [0.2, 0.25) is 0 Å². The normalized spacial score (nSPS) is 10.9. The minimum absolute atomic E-state index is 0.103. The van der Waals surface area contributed by atoms with Gasteiger partial charge in [-0.25, -0.2) is 9.78 Å². The number of thiophene rings is 1. The van der Waals surface area contributed by atoms with Crippen LogP contribution >= 0.6 is 22.7 Å². The Labute approximate surface area is 94.3 Å². The minimum atomic E-state index is -0.984. The Kier molecular flexibility index (Phi) is 2.94. The lowest BCUT2D eigenvalue weighted by Gasteiger charge is -1.83. The highest BCUT2D eigenvalue weighted by Crippen LogP contribution is 2.16. The molecule has 0 aliphatic carbocycles. The van der Waals surface area contributed by atoms with Gasteiger partial charge < -0.3 is 5.11 Å². The van der Waals surface area contributed by atoms with Crippen molar-refractivity contribution in [2.24, 2.45) is 0 Å². The summed E-state index contributed by atoms with van der Waals surface area (Å²) in [5.41, 5.74) is 0.103. The van der Waals surface area contributed by atoms with Crippen LogP contribution in [0.25, 0.3) is 12.2 Å². The standard InChI is InChI=1S/C10H7NO2S2/c12-10(13)8-6-15-9(11-8)4-3-7-2-1-5-14-7/h1-6H,(H,12,13). The van der Waals surface area contributed by atoms with Crippen molar-refractivity contribution in [3.8, 4) is 0 Å². The van der Waals surface area contributed by atoms with E-state index in [0.29, 0.717) is 5.01 Å². The second-order valence-electron chi connectivity index (χ2n) is 2.72. The number of thiazole rings is 1. The van der Waals surface area contributed by atoms with Crippen molar-refractivity contribution in [1.29, 1.82) is 0 Å². The number of carbonyl (C=O) groups is 1. The van der Waals surface area contributed by atoms with E-state index in [1.54, 1.807) is 11.3 Å². The van der Waals surface area contributed by atoms with Crippen molar-refractivity contribution in [2.75, 3.05) is 0 Å². The van der Waals surface area contributed by atoms with Gasteiger partial charge in [0.25, 0.3) is 0 Å². The number of rotatable bonds is 3. The lowest BCUT2D eigenvalue weighted by atomic mass is 10.4. The third kappa shape index (κ3) is 2.51. The van der Waals surface area contributed by atoms with Crippen LogP contribution in [0.15, 0.2) is 22.9 Å². The molecule has 0 bridgehead atoms. The predicted molar refractivity (Wildman–Crippen MR) is 62.3 cm³/mol. The molecule has 0 saturated carbocycles. The molecule has 0 aromatic carbocycles. The van der Waals surface area contributed by atoms with Crippen LogP contribution in [0.2, 0.25) is 0 Å². The molecule has 2 aromatic rings. The number of carboxylic acids is 1. The summed E-state index contributed by atoms with van der Waals surface area (Å²) in [6.45, 7) is 0. The first-order valence-electron chi connectivity index (χ1n) is 4.16. The number of hydrogen-bond acceptors (Lipinski definition) is 4. The van der Waals surface area contributed by atoms with Crippen LogP contribution in [0, 0.1) is 0 Å². The highest BCUT2D eigenvalue weighted by Gasteiger charge is 2.06. The molecule has 0 aliphatic rings. The summed E-state index contributed by atoms with van der Waals surface area (Å²) in [5, 5.41) is 12.9. The van der Waals surface area contributed by atoms with Crippen LogP contribution in [0.4, 0.5) is 0 Å². The molecule has 0 spiro atoms. The summed E-state index contributed by atoms with van der Waals surface area (Å²) in [5.74, 6) is -0.984. The van der Waals surface area contributed by atoms with Crippen LogP contribution in [-0.4, -0.2) is 16.1 Å². The Bertz CT molecular complexity index is 485. The van der Waals surface area contributed by atoms with Gasteiger partial charge in [-0.15, -0.1) is 22.7 Å². The van der Waals surface area contributed by atoms with E-state index in [1.807, 2.05) is 29.7 Å². The lowest BCUT2D eigenvalue weighted by molar-refractivity contribution is 0.0691. The maximum atomic E-state index is 10.6. The molecular weight excluding hydrogens is 230 g/mol. The Balaban J connectivity index is 2.14. The first-order chi connectivity index (χ1) is 7.25. The van der Waals surface area contributed by atoms with Gasteiger partial charge in [0, 0.05) is 10.3 Å². The molecule has 5 heteroatoms. The second-order valence-corrected chi connectivity index (χ2v) is 4.59. The van der Waals surface area contributed by atoms with Crippen molar-refractivity contribution < 1.29 is 9.90 Å². The minimum Gasteiger partial charge on any atom is -0.476 e. The van der Waals surface area contributed by atoms with Crippen molar-refractivity contribution >= 4 is 40.8 Å². The van der Waals surface area contributed by atoms with Crippen LogP contribution < -0.4 is 0 Å². The van der Waals surface area contributed by atoms with E-state index in [0.717, 1.165) is 4.88 Å². The van der Waals surface area contributed by atoms with E-state index in [-0.39, 0.29) is 5.69 Å². The molecule has 0 amide bonds. The highest BCUT2D eigenvalue weighted by molar-refractivity contribution is 7.11. The fourth-order valence-electron chi connectivity index (χ4n) is 1.00. The fourth-order valence-corrected chi connectivity index (χ4v) is 2.30. The highest BCUT2D eigenvalue weighted by atomic mass is 32.1.